The molecule has 0 spiro atoms. The molecule has 24 heavy (non-hydrogen) atoms. The maximum absolute atomic E-state index is 8.49. The van der Waals surface area contributed by atoms with E-state index in [-0.39, 0.29) is 24.0 Å². The first-order valence-corrected chi connectivity index (χ1v) is 8.06. The van der Waals surface area contributed by atoms with Crippen molar-refractivity contribution in [3.8, 4) is 0 Å². The Labute approximate surface area is 162 Å². The lowest BCUT2D eigenvalue weighted by Gasteiger charge is -2.17. The molecule has 0 aliphatic rings. The van der Waals surface area contributed by atoms with Gasteiger partial charge in [0.1, 0.15) is 0 Å². The molecule has 0 radical (unpaired) electrons. The number of aromatic nitrogens is 2. The van der Waals surface area contributed by atoms with Gasteiger partial charge in [0.15, 0.2) is 0 Å². The van der Waals surface area contributed by atoms with Gasteiger partial charge < -0.3 is 0 Å². The highest BCUT2D eigenvalue weighted by Crippen LogP contribution is 2.02. The number of aryl methyl sites for hydroxylation is 6. The van der Waals surface area contributed by atoms with E-state index in [1.165, 1.54) is 11.1 Å². The van der Waals surface area contributed by atoms with Crippen molar-refractivity contribution in [1.29, 1.82) is 0 Å². The van der Waals surface area contributed by atoms with Crippen LogP contribution in [0.3, 0.4) is 0 Å². The van der Waals surface area contributed by atoms with Crippen molar-refractivity contribution in [2.75, 3.05) is 0 Å². The molecule has 0 saturated heterocycles. The Kier molecular flexibility index (Phi) is 12.3. The van der Waals surface area contributed by atoms with Gasteiger partial charge in [0.2, 0.25) is 24.0 Å². The van der Waals surface area contributed by atoms with Gasteiger partial charge in [-0.2, -0.15) is 0 Å². The zero-order valence-electron chi connectivity index (χ0n) is 14.7. The topological polar surface area (TPSA) is 118 Å². The van der Waals surface area contributed by atoms with Gasteiger partial charge in [-0.25, -0.2) is 18.6 Å². The number of hydrogen-bond donors (Lipinski definition) is 0. The molecule has 0 N–H and O–H groups in total. The van der Waals surface area contributed by atoms with Crippen LogP contribution in [0.15, 0.2) is 24.3 Å². The highest BCUT2D eigenvalue weighted by molar-refractivity contribution is 5.18. The Morgan fingerprint density at radius 3 is 0.875 bits per heavy atom. The van der Waals surface area contributed by atoms with E-state index in [0.717, 1.165) is 22.8 Å². The molecule has 2 aromatic rings. The van der Waals surface area contributed by atoms with E-state index in [1.54, 1.807) is 0 Å². The Balaban J connectivity index is 0. The van der Waals surface area contributed by atoms with Gasteiger partial charge >= 0.3 is 0 Å². The van der Waals surface area contributed by atoms with Gasteiger partial charge in [-0.3, -0.25) is 9.97 Å². The molecular weight excluding hydrogens is 447 g/mol. The van der Waals surface area contributed by atoms with Crippen molar-refractivity contribution >= 4 is 0 Å². The normalized spacial score (nSPS) is 9.75. The Hall–Kier alpha value is -0.840. The fraction of sp³-hybridized carbons (Fsp3) is 0.375. The van der Waals surface area contributed by atoms with Crippen molar-refractivity contribution in [3.05, 3.63) is 58.2 Å². The van der Waals surface area contributed by atoms with Crippen LogP contribution in [-0.4, -0.2) is 9.97 Å². The SMILES string of the molecule is Cc1cc(C)nc(C)c1.Cc1cc(C)nc(C)c1.[IH2+].[O-][Cl+3]([O-])([O-])[O-]. The van der Waals surface area contributed by atoms with Crippen molar-refractivity contribution in [1.82, 2.24) is 9.97 Å². The summed E-state index contributed by atoms with van der Waals surface area (Å²) in [5.41, 5.74) is 7.00. The predicted octanol–water partition coefficient (Wildman–Crippen LogP) is -4.27. The van der Waals surface area contributed by atoms with E-state index in [2.05, 4.69) is 48.1 Å². The molecule has 8 heteroatoms. The standard InChI is InChI=1S/2C8H11N.ClHO4.H2I/c2*1-6-4-7(2)9-8(3)5-6;2-1(3,4)5;/h2*4-5H,1-3H3;(H,2,3,4,5);1H2/q;;;+1/p-1. The monoisotopic (exact) mass is 470 g/mol. The largest absolute Gasteiger partial charge is 0.258 e. The lowest BCUT2D eigenvalue weighted by Crippen LogP contribution is -3.00. The smallest absolute Gasteiger partial charge is 0.235 e. The van der Waals surface area contributed by atoms with Crippen LogP contribution in [0.5, 0.6) is 0 Å². The van der Waals surface area contributed by atoms with Gasteiger partial charge in [-0.1, -0.05) is 0 Å². The number of nitrogens with zero attached hydrogens (tertiary/aromatic N) is 2. The first-order valence-electron chi connectivity index (χ1n) is 6.82. The number of hydrogen-bond acceptors (Lipinski definition) is 6. The zero-order valence-corrected chi connectivity index (χ0v) is 18.0. The first-order chi connectivity index (χ1) is 10.4. The number of rotatable bonds is 0. The molecule has 2 aromatic heterocycles. The van der Waals surface area contributed by atoms with E-state index < -0.39 is 10.2 Å². The molecule has 0 amide bonds. The Bertz CT molecular complexity index is 478. The number of pyridine rings is 2. The highest BCUT2D eigenvalue weighted by Gasteiger charge is 1.89. The van der Waals surface area contributed by atoms with E-state index in [0.29, 0.717) is 0 Å². The molecule has 0 atom stereocenters. The van der Waals surface area contributed by atoms with E-state index >= 15 is 0 Å². The van der Waals surface area contributed by atoms with Gasteiger partial charge in [-0.05, 0) is 76.9 Å². The van der Waals surface area contributed by atoms with Crippen LogP contribution >= 0.6 is 0 Å². The van der Waals surface area contributed by atoms with Crippen LogP contribution in [-0.2, 0) is 0 Å². The third-order valence-electron chi connectivity index (χ3n) is 2.45. The third-order valence-corrected chi connectivity index (χ3v) is 2.45. The van der Waals surface area contributed by atoms with Crippen LogP contribution < -0.4 is 42.6 Å². The maximum atomic E-state index is 8.49. The van der Waals surface area contributed by atoms with Crippen LogP contribution in [0.25, 0.3) is 0 Å². The Morgan fingerprint density at radius 2 is 0.750 bits per heavy atom. The molecule has 0 bridgehead atoms. The van der Waals surface area contributed by atoms with Gasteiger partial charge in [0.05, 0.1) is 0 Å². The summed E-state index contributed by atoms with van der Waals surface area (Å²) in [5, 5.41) is 0. The molecule has 0 aliphatic carbocycles. The minimum atomic E-state index is -4.94. The molecular formula is C16H24ClIN2O4. The van der Waals surface area contributed by atoms with Gasteiger partial charge in [0, 0.05) is 22.8 Å². The average molecular weight is 471 g/mol. The molecule has 2 heterocycles. The predicted molar refractivity (Wildman–Crippen MR) is 79.7 cm³/mol. The second kappa shape index (κ2) is 11.7. The summed E-state index contributed by atoms with van der Waals surface area (Å²) >= 11 is 0. The van der Waals surface area contributed by atoms with Crippen molar-refractivity contribution in [2.45, 2.75) is 41.5 Å². The van der Waals surface area contributed by atoms with Crippen LogP contribution in [0.1, 0.15) is 33.9 Å². The summed E-state index contributed by atoms with van der Waals surface area (Å²) in [6.45, 7) is 12.2. The summed E-state index contributed by atoms with van der Waals surface area (Å²) in [7, 11) is -4.94. The van der Waals surface area contributed by atoms with Crippen LogP contribution in [0, 0.1) is 51.8 Å². The molecule has 136 valence electrons. The van der Waals surface area contributed by atoms with E-state index in [4.69, 9.17) is 18.6 Å². The first kappa shape index (κ1) is 25.4. The Morgan fingerprint density at radius 1 is 0.583 bits per heavy atom. The third kappa shape index (κ3) is 16.0. The van der Waals surface area contributed by atoms with Gasteiger partial charge in [0.25, 0.3) is 0 Å². The molecule has 0 aliphatic heterocycles. The van der Waals surface area contributed by atoms with Crippen molar-refractivity contribution in [3.63, 3.8) is 0 Å². The van der Waals surface area contributed by atoms with E-state index in [9.17, 15) is 0 Å². The molecule has 0 fully saturated rings. The van der Waals surface area contributed by atoms with Crippen LogP contribution in [0.4, 0.5) is 0 Å². The average Bonchev–Trinajstić information content (AvgIpc) is 2.22. The molecule has 6 nitrogen and oxygen atoms in total. The minimum Gasteiger partial charge on any atom is -0.258 e. The second-order valence-corrected chi connectivity index (χ2v) is 5.99. The summed E-state index contributed by atoms with van der Waals surface area (Å²) in [5.74, 6) is 0. The van der Waals surface area contributed by atoms with Gasteiger partial charge in [-0.15, -0.1) is 10.2 Å². The lowest BCUT2D eigenvalue weighted by molar-refractivity contribution is -2.00. The molecule has 2 rings (SSSR count). The fourth-order valence-electron chi connectivity index (χ4n) is 2.09. The van der Waals surface area contributed by atoms with Crippen LogP contribution in [0.2, 0.25) is 0 Å². The quantitative estimate of drug-likeness (QED) is 0.360. The maximum Gasteiger partial charge on any atom is 0.235 e. The number of halogens is 2. The lowest BCUT2D eigenvalue weighted by atomic mass is 10.2. The van der Waals surface area contributed by atoms with Crippen molar-refractivity contribution < 1.29 is 52.9 Å². The zero-order chi connectivity index (χ0) is 18.2. The van der Waals surface area contributed by atoms with Crippen molar-refractivity contribution in [2.24, 2.45) is 0 Å². The summed E-state index contributed by atoms with van der Waals surface area (Å²) in [4.78, 5) is 8.47. The second-order valence-electron chi connectivity index (χ2n) is 5.23. The molecule has 0 aromatic carbocycles. The van der Waals surface area contributed by atoms with E-state index in [1.807, 2.05) is 27.7 Å². The summed E-state index contributed by atoms with van der Waals surface area (Å²) in [6, 6.07) is 8.31. The summed E-state index contributed by atoms with van der Waals surface area (Å²) in [6.07, 6.45) is 0. The molecule has 0 saturated carbocycles. The minimum absolute atomic E-state index is 0. The summed E-state index contributed by atoms with van der Waals surface area (Å²) < 4.78 is 34.0. The highest BCUT2D eigenvalue weighted by atomic mass is 127. The molecule has 0 unspecified atom stereocenters. The fourth-order valence-corrected chi connectivity index (χ4v) is 2.09.